The van der Waals surface area contributed by atoms with Crippen molar-refractivity contribution in [2.75, 3.05) is 12.3 Å². The van der Waals surface area contributed by atoms with Crippen LogP contribution in [0.15, 0.2) is 21.1 Å². The molecule has 11 heteroatoms. The highest BCUT2D eigenvalue weighted by Crippen LogP contribution is 2.29. The third-order valence-electron chi connectivity index (χ3n) is 5.11. The summed E-state index contributed by atoms with van der Waals surface area (Å²) in [6.07, 6.45) is 0. The van der Waals surface area contributed by atoms with Crippen LogP contribution in [0.3, 0.4) is 0 Å². The third-order valence-corrected chi connectivity index (χ3v) is 5.11. The number of anilines is 1. The fraction of sp³-hybridized carbons (Fsp3) is 0.318. The van der Waals surface area contributed by atoms with E-state index in [0.29, 0.717) is 28.6 Å². The van der Waals surface area contributed by atoms with E-state index < -0.39 is 11.9 Å². The van der Waals surface area contributed by atoms with E-state index >= 15 is 0 Å². The van der Waals surface area contributed by atoms with Gasteiger partial charge in [0.25, 0.3) is 0 Å². The molecule has 0 aliphatic rings. The van der Waals surface area contributed by atoms with Gasteiger partial charge < -0.3 is 24.1 Å². The van der Waals surface area contributed by atoms with Gasteiger partial charge in [-0.05, 0) is 40.7 Å². The van der Waals surface area contributed by atoms with Crippen molar-refractivity contribution < 1.29 is 28.0 Å². The predicted octanol–water partition coefficient (Wildman–Crippen LogP) is 3.35. The van der Waals surface area contributed by atoms with E-state index in [1.165, 1.54) is 0 Å². The molecule has 0 atom stereocenters. The molecule has 0 fully saturated rings. The molecule has 0 aromatic carbocycles. The number of nitrogen functional groups attached to an aromatic ring is 1. The van der Waals surface area contributed by atoms with Gasteiger partial charge in [0.1, 0.15) is 22.9 Å². The number of furan rings is 1. The Kier molecular flexibility index (Phi) is 5.62. The molecule has 33 heavy (non-hydrogen) atoms. The molecule has 0 saturated heterocycles. The van der Waals surface area contributed by atoms with Crippen LogP contribution in [0.25, 0.3) is 16.9 Å². The second-order valence-electron chi connectivity index (χ2n) is 7.45. The highest BCUT2D eigenvalue weighted by Gasteiger charge is 2.25. The zero-order valence-corrected chi connectivity index (χ0v) is 18.9. The lowest BCUT2D eigenvalue weighted by atomic mass is 10.2. The molecule has 4 aromatic heterocycles. The molecule has 0 aliphatic heterocycles. The molecule has 11 nitrogen and oxygen atoms in total. The Morgan fingerprint density at radius 2 is 1.85 bits per heavy atom. The largest absolute Gasteiger partial charge is 0.462 e. The average molecular weight is 453 g/mol. The lowest BCUT2D eigenvalue weighted by molar-refractivity contribution is 0.0460. The number of rotatable bonds is 6. The molecule has 2 N–H and O–H groups in total. The number of ether oxygens (including phenoxy) is 2. The van der Waals surface area contributed by atoms with Crippen LogP contribution in [-0.4, -0.2) is 38.2 Å². The summed E-state index contributed by atoms with van der Waals surface area (Å²) in [7, 11) is 0. The first-order valence-corrected chi connectivity index (χ1v) is 10.2. The maximum atomic E-state index is 12.8. The van der Waals surface area contributed by atoms with E-state index in [4.69, 9.17) is 24.1 Å². The molecule has 0 amide bonds. The molecule has 0 radical (unpaired) electrons. The third kappa shape index (κ3) is 3.93. The van der Waals surface area contributed by atoms with E-state index in [2.05, 4.69) is 15.1 Å². The summed E-state index contributed by atoms with van der Waals surface area (Å²) in [5.41, 5.74) is 8.19. The van der Waals surface area contributed by atoms with E-state index in [1.807, 2.05) is 6.92 Å². The Labute approximate surface area is 188 Å². The summed E-state index contributed by atoms with van der Waals surface area (Å²) in [5.74, 6) is 0.596. The molecular weight excluding hydrogens is 430 g/mol. The van der Waals surface area contributed by atoms with Gasteiger partial charge in [-0.25, -0.2) is 14.6 Å². The Hall–Kier alpha value is -4.15. The summed E-state index contributed by atoms with van der Waals surface area (Å²) in [5, 5.41) is 4.27. The Bertz CT molecular complexity index is 1380. The van der Waals surface area contributed by atoms with E-state index in [1.54, 1.807) is 44.4 Å². The molecule has 4 heterocycles. The van der Waals surface area contributed by atoms with Gasteiger partial charge in [0.2, 0.25) is 5.71 Å². The quantitative estimate of drug-likeness (QED) is 0.431. The Balaban J connectivity index is 1.57. The fourth-order valence-corrected chi connectivity index (χ4v) is 3.69. The molecule has 4 aromatic rings. The molecule has 0 bridgehead atoms. The van der Waals surface area contributed by atoms with E-state index in [0.717, 1.165) is 5.69 Å². The minimum absolute atomic E-state index is 0.0329. The number of aryl methyl sites for hydroxylation is 3. The highest BCUT2D eigenvalue weighted by molar-refractivity contribution is 6.07. The maximum Gasteiger partial charge on any atom is 0.342 e. The molecule has 0 aliphatic carbocycles. The number of hydrogen-bond donors (Lipinski definition) is 1. The standard InChI is InChI=1S/C22H23N5O6/c1-6-30-22(29)17-13(5)32-20-18(17)19(23)24-15(25-20)9-31-21(28)14-7-10(2)27(12(14)4)16-8-11(3)33-26-16/h7-8H,6,9H2,1-5H3,(H2,23,24,25). The predicted molar refractivity (Wildman–Crippen MR) is 116 cm³/mol. The van der Waals surface area contributed by atoms with Gasteiger partial charge in [0.15, 0.2) is 18.2 Å². The molecule has 0 unspecified atom stereocenters. The minimum Gasteiger partial charge on any atom is -0.462 e. The van der Waals surface area contributed by atoms with Crippen molar-refractivity contribution in [2.45, 2.75) is 41.2 Å². The van der Waals surface area contributed by atoms with Crippen LogP contribution < -0.4 is 5.73 Å². The number of aromatic nitrogens is 4. The van der Waals surface area contributed by atoms with Crippen molar-refractivity contribution in [3.63, 3.8) is 0 Å². The van der Waals surface area contributed by atoms with Crippen molar-refractivity contribution in [3.8, 4) is 5.82 Å². The van der Waals surface area contributed by atoms with Gasteiger partial charge in [-0.3, -0.25) is 4.57 Å². The SMILES string of the molecule is CCOC(=O)c1c(C)oc2nc(COC(=O)c3cc(C)n(-c4cc(C)on4)c3C)nc(N)c12. The topological polar surface area (TPSA) is 148 Å². The Morgan fingerprint density at radius 3 is 2.52 bits per heavy atom. The average Bonchev–Trinajstić information content (AvgIpc) is 3.41. The lowest BCUT2D eigenvalue weighted by Gasteiger charge is -2.07. The van der Waals surface area contributed by atoms with Gasteiger partial charge in [-0.15, -0.1) is 0 Å². The van der Waals surface area contributed by atoms with Crippen LogP contribution in [0.1, 0.15) is 56.4 Å². The van der Waals surface area contributed by atoms with Crippen molar-refractivity contribution in [2.24, 2.45) is 0 Å². The van der Waals surface area contributed by atoms with Crippen molar-refractivity contribution in [3.05, 3.63) is 52.0 Å². The number of carbonyl (C=O) groups is 2. The van der Waals surface area contributed by atoms with Gasteiger partial charge >= 0.3 is 11.9 Å². The number of esters is 2. The van der Waals surface area contributed by atoms with E-state index in [-0.39, 0.29) is 41.5 Å². The number of hydrogen-bond acceptors (Lipinski definition) is 10. The number of nitrogens with two attached hydrogens (primary N) is 1. The summed E-state index contributed by atoms with van der Waals surface area (Å²) in [6, 6.07) is 3.48. The Morgan fingerprint density at radius 1 is 1.09 bits per heavy atom. The van der Waals surface area contributed by atoms with Crippen LogP contribution in [-0.2, 0) is 16.1 Å². The zero-order valence-electron chi connectivity index (χ0n) is 18.9. The molecule has 4 rings (SSSR count). The van der Waals surface area contributed by atoms with Crippen molar-refractivity contribution in [1.82, 2.24) is 19.7 Å². The smallest absolute Gasteiger partial charge is 0.342 e. The fourth-order valence-electron chi connectivity index (χ4n) is 3.69. The summed E-state index contributed by atoms with van der Waals surface area (Å²) >= 11 is 0. The van der Waals surface area contributed by atoms with Crippen LogP contribution in [0, 0.1) is 27.7 Å². The number of nitrogens with zero attached hydrogens (tertiary/aromatic N) is 4. The van der Waals surface area contributed by atoms with Crippen LogP contribution in [0.4, 0.5) is 5.82 Å². The first kappa shape index (κ1) is 22.1. The van der Waals surface area contributed by atoms with Gasteiger partial charge in [0, 0.05) is 17.5 Å². The number of fused-ring (bicyclic) bond motifs is 1. The van der Waals surface area contributed by atoms with Gasteiger partial charge in [-0.1, -0.05) is 5.16 Å². The summed E-state index contributed by atoms with van der Waals surface area (Å²) < 4.78 is 23.0. The molecule has 0 spiro atoms. The minimum atomic E-state index is -0.569. The second kappa shape index (κ2) is 8.41. The van der Waals surface area contributed by atoms with Crippen molar-refractivity contribution in [1.29, 1.82) is 0 Å². The molecule has 0 saturated carbocycles. The van der Waals surface area contributed by atoms with Crippen molar-refractivity contribution >= 4 is 28.9 Å². The number of carbonyl (C=O) groups excluding carboxylic acids is 2. The highest BCUT2D eigenvalue weighted by atomic mass is 16.5. The van der Waals surface area contributed by atoms with Gasteiger partial charge in [-0.2, -0.15) is 4.98 Å². The van der Waals surface area contributed by atoms with E-state index in [9.17, 15) is 9.59 Å². The first-order chi connectivity index (χ1) is 15.7. The summed E-state index contributed by atoms with van der Waals surface area (Å²) in [6.45, 7) is 8.71. The summed E-state index contributed by atoms with van der Waals surface area (Å²) in [4.78, 5) is 33.4. The van der Waals surface area contributed by atoms with Gasteiger partial charge in [0.05, 0.1) is 17.6 Å². The van der Waals surface area contributed by atoms with Crippen LogP contribution in [0.2, 0.25) is 0 Å². The zero-order chi connectivity index (χ0) is 23.9. The second-order valence-corrected chi connectivity index (χ2v) is 7.45. The van der Waals surface area contributed by atoms with Crippen LogP contribution in [0.5, 0.6) is 0 Å². The maximum absolute atomic E-state index is 12.8. The molecular formula is C22H23N5O6. The lowest BCUT2D eigenvalue weighted by Crippen LogP contribution is -2.10. The molecule has 172 valence electrons. The normalized spacial score (nSPS) is 11.2. The monoisotopic (exact) mass is 453 g/mol. The first-order valence-electron chi connectivity index (χ1n) is 10.2. The van der Waals surface area contributed by atoms with Crippen LogP contribution >= 0.6 is 0 Å².